The van der Waals surface area contributed by atoms with E-state index in [1.807, 2.05) is 19.1 Å². The molecule has 0 aromatic heterocycles. The van der Waals surface area contributed by atoms with Crippen LogP contribution in [-0.4, -0.2) is 5.71 Å². The molecular weight excluding hydrogens is 112 g/mol. The van der Waals surface area contributed by atoms with E-state index < -0.39 is 0 Å². The second kappa shape index (κ2) is 2.05. The number of allylic oxidation sites excluding steroid dienone is 4. The van der Waals surface area contributed by atoms with Crippen LogP contribution in [0.4, 0.5) is 0 Å². The third-order valence-electron chi connectivity index (χ3n) is 1.40. The fourth-order valence-electron chi connectivity index (χ4n) is 0.735. The van der Waals surface area contributed by atoms with Crippen molar-refractivity contribution in [3.63, 3.8) is 0 Å². The van der Waals surface area contributed by atoms with E-state index in [2.05, 4.69) is 0 Å². The van der Waals surface area contributed by atoms with Crippen LogP contribution in [0.2, 0.25) is 0 Å². The average Bonchev–Trinajstić information content (AvgIpc) is 1.80. The number of rotatable bonds is 0. The first-order valence-electron chi connectivity index (χ1n) is 2.91. The summed E-state index contributed by atoms with van der Waals surface area (Å²) in [6, 6.07) is 0. The van der Waals surface area contributed by atoms with E-state index in [1.165, 1.54) is 0 Å². The highest BCUT2D eigenvalue weighted by Crippen LogP contribution is 2.09. The Hall–Kier alpha value is -1.05. The van der Waals surface area contributed by atoms with Gasteiger partial charge in [0.1, 0.15) is 0 Å². The molecular formula is C7H10N2. The van der Waals surface area contributed by atoms with Crippen molar-refractivity contribution in [2.75, 3.05) is 0 Å². The summed E-state index contributed by atoms with van der Waals surface area (Å²) < 4.78 is 0. The number of hydrogen-bond acceptors (Lipinski definition) is 2. The van der Waals surface area contributed by atoms with Gasteiger partial charge >= 0.3 is 0 Å². The largest absolute Gasteiger partial charge is 0.402 e. The lowest BCUT2D eigenvalue weighted by molar-refractivity contribution is 1.16. The summed E-state index contributed by atoms with van der Waals surface area (Å²) in [5, 5.41) is 7.34. The maximum Gasteiger partial charge on any atom is 0.0401 e. The first kappa shape index (κ1) is 6.08. The minimum Gasteiger partial charge on any atom is -0.402 e. The van der Waals surface area contributed by atoms with Crippen LogP contribution < -0.4 is 5.73 Å². The molecule has 0 aliphatic heterocycles. The molecule has 2 nitrogen and oxygen atoms in total. The van der Waals surface area contributed by atoms with Gasteiger partial charge in [-0.1, -0.05) is 6.08 Å². The van der Waals surface area contributed by atoms with Gasteiger partial charge in [-0.2, -0.15) is 0 Å². The summed E-state index contributed by atoms with van der Waals surface area (Å²) >= 11 is 0. The van der Waals surface area contributed by atoms with Crippen LogP contribution in [0.15, 0.2) is 23.4 Å². The fraction of sp³-hybridized carbons (Fsp3) is 0.286. The molecule has 0 amide bonds. The van der Waals surface area contributed by atoms with Crippen LogP contribution >= 0.6 is 0 Å². The van der Waals surface area contributed by atoms with Crippen molar-refractivity contribution < 1.29 is 0 Å². The van der Waals surface area contributed by atoms with Crippen LogP contribution in [0.3, 0.4) is 0 Å². The van der Waals surface area contributed by atoms with Crippen LogP contribution in [0.25, 0.3) is 0 Å². The van der Waals surface area contributed by atoms with Crippen LogP contribution in [-0.2, 0) is 0 Å². The second-order valence-electron chi connectivity index (χ2n) is 2.25. The average molecular weight is 122 g/mol. The van der Waals surface area contributed by atoms with Gasteiger partial charge < -0.3 is 11.1 Å². The quantitative estimate of drug-likeness (QED) is 0.498. The molecule has 1 aliphatic carbocycles. The molecule has 0 spiro atoms. The van der Waals surface area contributed by atoms with E-state index in [0.717, 1.165) is 11.3 Å². The lowest BCUT2D eigenvalue weighted by atomic mass is 10.0. The predicted molar refractivity (Wildman–Crippen MR) is 38.4 cm³/mol. The van der Waals surface area contributed by atoms with Crippen molar-refractivity contribution in [1.29, 1.82) is 5.41 Å². The van der Waals surface area contributed by atoms with E-state index in [1.54, 1.807) is 0 Å². The van der Waals surface area contributed by atoms with Crippen molar-refractivity contribution in [2.24, 2.45) is 5.73 Å². The van der Waals surface area contributed by atoms with E-state index >= 15 is 0 Å². The molecule has 0 bridgehead atoms. The molecule has 0 fully saturated rings. The standard InChI is InChI=1S/C7H10N2/c1-5-2-3-6(8)4-7(5)9/h2-3,9H,4,8H2,1H3. The Morgan fingerprint density at radius 2 is 2.22 bits per heavy atom. The Morgan fingerprint density at radius 3 is 2.67 bits per heavy atom. The SMILES string of the molecule is CC1=CC=C(N)CC1=N. The van der Waals surface area contributed by atoms with Gasteiger partial charge in [-0.25, -0.2) is 0 Å². The second-order valence-corrected chi connectivity index (χ2v) is 2.25. The monoisotopic (exact) mass is 122 g/mol. The summed E-state index contributed by atoms with van der Waals surface area (Å²) in [6.45, 7) is 1.92. The minimum absolute atomic E-state index is 0.613. The summed E-state index contributed by atoms with van der Waals surface area (Å²) in [4.78, 5) is 0. The highest BCUT2D eigenvalue weighted by atomic mass is 14.6. The molecule has 0 aromatic rings. The van der Waals surface area contributed by atoms with Crippen molar-refractivity contribution in [2.45, 2.75) is 13.3 Å². The Bertz CT molecular complexity index is 199. The molecule has 0 atom stereocenters. The molecule has 0 saturated carbocycles. The first-order valence-corrected chi connectivity index (χ1v) is 2.91. The lowest BCUT2D eigenvalue weighted by Gasteiger charge is -2.08. The third-order valence-corrected chi connectivity index (χ3v) is 1.40. The topological polar surface area (TPSA) is 49.9 Å². The zero-order valence-electron chi connectivity index (χ0n) is 5.44. The predicted octanol–water partition coefficient (Wildman–Crippen LogP) is 1.20. The maximum absolute atomic E-state index is 7.34. The van der Waals surface area contributed by atoms with Gasteiger partial charge in [0, 0.05) is 17.8 Å². The number of nitrogens with one attached hydrogen (secondary N) is 1. The fourth-order valence-corrected chi connectivity index (χ4v) is 0.735. The highest BCUT2D eigenvalue weighted by Gasteiger charge is 2.04. The normalized spacial score (nSPS) is 19.0. The maximum atomic E-state index is 7.34. The molecule has 48 valence electrons. The highest BCUT2D eigenvalue weighted by molar-refractivity contribution is 5.99. The van der Waals surface area contributed by atoms with Crippen molar-refractivity contribution >= 4 is 5.71 Å². The minimum atomic E-state index is 0.613. The molecule has 3 N–H and O–H groups in total. The van der Waals surface area contributed by atoms with E-state index in [0.29, 0.717) is 12.1 Å². The molecule has 0 aromatic carbocycles. The molecule has 0 heterocycles. The zero-order chi connectivity index (χ0) is 6.85. The Kier molecular flexibility index (Phi) is 1.39. The van der Waals surface area contributed by atoms with Crippen molar-refractivity contribution in [1.82, 2.24) is 0 Å². The molecule has 0 saturated heterocycles. The third kappa shape index (κ3) is 1.19. The molecule has 2 heteroatoms. The molecule has 0 unspecified atom stereocenters. The van der Waals surface area contributed by atoms with Gasteiger partial charge in [0.05, 0.1) is 0 Å². The smallest absolute Gasteiger partial charge is 0.0401 e. The van der Waals surface area contributed by atoms with Gasteiger partial charge in [-0.3, -0.25) is 0 Å². The van der Waals surface area contributed by atoms with Gasteiger partial charge in [-0.15, -0.1) is 0 Å². The van der Waals surface area contributed by atoms with Crippen LogP contribution in [0.5, 0.6) is 0 Å². The summed E-state index contributed by atoms with van der Waals surface area (Å²) in [7, 11) is 0. The van der Waals surface area contributed by atoms with E-state index in [4.69, 9.17) is 11.1 Å². The van der Waals surface area contributed by atoms with E-state index in [9.17, 15) is 0 Å². The Labute approximate surface area is 54.6 Å². The number of nitrogens with two attached hydrogens (primary N) is 1. The van der Waals surface area contributed by atoms with Crippen LogP contribution in [0.1, 0.15) is 13.3 Å². The Balaban J connectivity index is 2.86. The molecule has 1 rings (SSSR count). The lowest BCUT2D eigenvalue weighted by Crippen LogP contribution is -2.09. The van der Waals surface area contributed by atoms with Crippen molar-refractivity contribution in [3.05, 3.63) is 23.4 Å². The molecule has 9 heavy (non-hydrogen) atoms. The van der Waals surface area contributed by atoms with Crippen molar-refractivity contribution in [3.8, 4) is 0 Å². The van der Waals surface area contributed by atoms with Crippen LogP contribution in [0, 0.1) is 5.41 Å². The molecule has 0 radical (unpaired) electrons. The van der Waals surface area contributed by atoms with Gasteiger partial charge in [-0.05, 0) is 18.6 Å². The van der Waals surface area contributed by atoms with Gasteiger partial charge in [0.15, 0.2) is 0 Å². The number of hydrogen-bond donors (Lipinski definition) is 2. The summed E-state index contributed by atoms with van der Waals surface area (Å²) in [6.07, 6.45) is 4.34. The van der Waals surface area contributed by atoms with E-state index in [-0.39, 0.29) is 0 Å². The summed E-state index contributed by atoms with van der Waals surface area (Å²) in [5.74, 6) is 0. The first-order chi connectivity index (χ1) is 4.20. The zero-order valence-corrected chi connectivity index (χ0v) is 5.44. The van der Waals surface area contributed by atoms with Gasteiger partial charge in [0.2, 0.25) is 0 Å². The van der Waals surface area contributed by atoms with Gasteiger partial charge in [0.25, 0.3) is 0 Å². The summed E-state index contributed by atoms with van der Waals surface area (Å²) in [5.41, 5.74) is 7.90. The molecule has 1 aliphatic rings. The Morgan fingerprint density at radius 1 is 1.56 bits per heavy atom.